The second-order valence-corrected chi connectivity index (χ2v) is 10.5. The number of pyridine rings is 2. The van der Waals surface area contributed by atoms with Crippen LogP contribution >= 0.6 is 0 Å². The van der Waals surface area contributed by atoms with Gasteiger partial charge >= 0.3 is 6.18 Å². The number of rotatable bonds is 4. The third kappa shape index (κ3) is 5.03. The lowest BCUT2D eigenvalue weighted by Gasteiger charge is -2.30. The number of nitrogens with two attached hydrogens (primary N) is 1. The van der Waals surface area contributed by atoms with Gasteiger partial charge in [-0.15, -0.1) is 0 Å². The number of carbonyl (C=O) groups is 1. The van der Waals surface area contributed by atoms with Gasteiger partial charge in [0.15, 0.2) is 17.7 Å². The van der Waals surface area contributed by atoms with Crippen molar-refractivity contribution in [1.29, 1.82) is 5.26 Å². The van der Waals surface area contributed by atoms with Gasteiger partial charge in [0.1, 0.15) is 17.0 Å². The molecule has 1 amide bonds. The van der Waals surface area contributed by atoms with Crippen LogP contribution in [0.3, 0.4) is 0 Å². The fraction of sp³-hybridized carbons (Fsp3) is 0.345. The van der Waals surface area contributed by atoms with Gasteiger partial charge in [0, 0.05) is 49.9 Å². The Morgan fingerprint density at radius 2 is 1.76 bits per heavy atom. The second-order valence-electron chi connectivity index (χ2n) is 10.5. The van der Waals surface area contributed by atoms with Gasteiger partial charge in [-0.3, -0.25) is 9.36 Å². The molecule has 210 valence electrons. The van der Waals surface area contributed by atoms with Crippen LogP contribution in [-0.4, -0.2) is 61.4 Å². The number of anilines is 1. The first-order valence-electron chi connectivity index (χ1n) is 13.4. The summed E-state index contributed by atoms with van der Waals surface area (Å²) in [6, 6.07) is 13.2. The Labute approximate surface area is 234 Å². The molecule has 1 unspecified atom stereocenters. The van der Waals surface area contributed by atoms with Crippen molar-refractivity contribution in [2.75, 3.05) is 31.9 Å². The summed E-state index contributed by atoms with van der Waals surface area (Å²) >= 11 is 0. The normalized spacial score (nSPS) is 18.1. The van der Waals surface area contributed by atoms with Gasteiger partial charge in [-0.1, -0.05) is 12.1 Å². The summed E-state index contributed by atoms with van der Waals surface area (Å²) in [5.74, 6) is 0.783. The van der Waals surface area contributed by atoms with E-state index in [4.69, 9.17) is 11.0 Å². The number of likely N-dealkylation sites (tertiary alicyclic amines) is 2. The third-order valence-corrected chi connectivity index (χ3v) is 7.98. The lowest BCUT2D eigenvalue weighted by atomic mass is 9.95. The zero-order valence-electron chi connectivity index (χ0n) is 22.1. The number of hydrogen-bond donors (Lipinski definition) is 1. The molecule has 0 radical (unpaired) electrons. The summed E-state index contributed by atoms with van der Waals surface area (Å²) in [7, 11) is 0. The van der Waals surface area contributed by atoms with Crippen LogP contribution in [0, 0.1) is 17.4 Å². The van der Waals surface area contributed by atoms with E-state index in [0.29, 0.717) is 61.6 Å². The van der Waals surface area contributed by atoms with E-state index in [1.54, 1.807) is 21.6 Å². The van der Waals surface area contributed by atoms with Crippen molar-refractivity contribution >= 4 is 22.9 Å². The van der Waals surface area contributed by atoms with Crippen molar-refractivity contribution in [3.05, 3.63) is 66.0 Å². The molecule has 12 heteroatoms. The first kappa shape index (κ1) is 26.6. The Kier molecular flexibility index (Phi) is 6.73. The fourth-order valence-electron chi connectivity index (χ4n) is 5.76. The van der Waals surface area contributed by atoms with Crippen LogP contribution in [0.4, 0.5) is 19.0 Å². The molecule has 2 fully saturated rings. The molecule has 5 heterocycles. The molecule has 2 aliphatic rings. The van der Waals surface area contributed by atoms with Gasteiger partial charge in [0.2, 0.25) is 5.91 Å². The molecule has 0 saturated carbocycles. The number of nitriles is 1. The first-order valence-corrected chi connectivity index (χ1v) is 13.4. The molecule has 0 aliphatic carbocycles. The van der Waals surface area contributed by atoms with Crippen LogP contribution < -0.4 is 5.73 Å². The molecule has 9 nitrogen and oxygen atoms in total. The van der Waals surface area contributed by atoms with E-state index < -0.39 is 11.9 Å². The number of carbonyl (C=O) groups excluding carboxylic acids is 1. The quantitative estimate of drug-likeness (QED) is 0.363. The largest absolute Gasteiger partial charge is 0.433 e. The summed E-state index contributed by atoms with van der Waals surface area (Å²) in [5.41, 5.74) is 7.57. The Balaban J connectivity index is 1.29. The monoisotopic (exact) mass is 560 g/mol. The number of amides is 1. The number of halogens is 3. The maximum atomic E-state index is 13.5. The molecular formula is C29H27F3N8O. The van der Waals surface area contributed by atoms with Gasteiger partial charge in [-0.2, -0.15) is 18.4 Å². The lowest BCUT2D eigenvalue weighted by Crippen LogP contribution is -2.40. The highest BCUT2D eigenvalue weighted by atomic mass is 19.4. The van der Waals surface area contributed by atoms with Crippen molar-refractivity contribution < 1.29 is 18.0 Å². The van der Waals surface area contributed by atoms with Crippen molar-refractivity contribution in [3.63, 3.8) is 0 Å². The average Bonchev–Trinajstić information content (AvgIpc) is 3.62. The van der Waals surface area contributed by atoms with E-state index in [1.165, 1.54) is 12.3 Å². The molecule has 3 aromatic heterocycles. The SMILES string of the molecule is N#CN1CCC(C(=O)N2CCC(c3ccc(-n4c(-c5cccnc5N)nc5ccc(C(F)(F)F)nc54)cc3)C2)CC1. The van der Waals surface area contributed by atoms with Gasteiger partial charge in [0.05, 0.1) is 5.56 Å². The van der Waals surface area contributed by atoms with Gasteiger partial charge < -0.3 is 15.5 Å². The molecule has 1 aromatic carbocycles. The van der Waals surface area contributed by atoms with E-state index >= 15 is 0 Å². The molecule has 1 atom stereocenters. The molecule has 2 saturated heterocycles. The Morgan fingerprint density at radius 1 is 1.00 bits per heavy atom. The Bertz CT molecular complexity index is 1630. The average molecular weight is 561 g/mol. The van der Waals surface area contributed by atoms with Gasteiger partial charge in [0.25, 0.3) is 0 Å². The summed E-state index contributed by atoms with van der Waals surface area (Å²) in [4.78, 5) is 29.4. The van der Waals surface area contributed by atoms with E-state index in [1.807, 2.05) is 29.2 Å². The molecule has 0 bridgehead atoms. The van der Waals surface area contributed by atoms with Gasteiger partial charge in [-0.25, -0.2) is 15.0 Å². The van der Waals surface area contributed by atoms with Crippen molar-refractivity contribution in [3.8, 4) is 23.3 Å². The number of fused-ring (bicyclic) bond motifs is 1. The summed E-state index contributed by atoms with van der Waals surface area (Å²) in [5, 5.41) is 9.07. The second kappa shape index (κ2) is 10.4. The van der Waals surface area contributed by atoms with E-state index in [2.05, 4.69) is 21.1 Å². The maximum Gasteiger partial charge on any atom is 0.433 e. The lowest BCUT2D eigenvalue weighted by molar-refractivity contribution is -0.141. The number of alkyl halides is 3. The molecule has 0 spiro atoms. The molecular weight excluding hydrogens is 533 g/mol. The predicted molar refractivity (Wildman–Crippen MR) is 145 cm³/mol. The van der Waals surface area contributed by atoms with Crippen LogP contribution in [-0.2, 0) is 11.0 Å². The standard InChI is InChI=1S/C29H27F3N8O/c30-29(31,32)24-8-7-23-27(37-24)40(26(36-23)22-2-1-12-35-25(22)34)21-5-3-18(4-6-21)20-11-15-39(16-20)28(41)19-9-13-38(17-33)14-10-19/h1-8,12,19-20H,9-11,13-16H2,(H2,34,35). The molecule has 6 rings (SSSR count). The zero-order valence-corrected chi connectivity index (χ0v) is 22.1. The topological polar surface area (TPSA) is 117 Å². The number of benzene rings is 1. The van der Waals surface area contributed by atoms with Gasteiger partial charge in [-0.05, 0) is 61.2 Å². The van der Waals surface area contributed by atoms with Crippen LogP contribution in [0.15, 0.2) is 54.7 Å². The third-order valence-electron chi connectivity index (χ3n) is 7.98. The highest BCUT2D eigenvalue weighted by Crippen LogP contribution is 2.35. The maximum absolute atomic E-state index is 13.5. The molecule has 4 aromatic rings. The fourth-order valence-corrected chi connectivity index (χ4v) is 5.76. The van der Waals surface area contributed by atoms with E-state index in [0.717, 1.165) is 18.1 Å². The van der Waals surface area contributed by atoms with Crippen molar-refractivity contribution in [2.45, 2.75) is 31.4 Å². The zero-order chi connectivity index (χ0) is 28.7. The van der Waals surface area contributed by atoms with E-state index in [-0.39, 0.29) is 29.2 Å². The Hall–Kier alpha value is -4.66. The number of nitrogen functional groups attached to an aromatic ring is 1. The first-order chi connectivity index (χ1) is 19.7. The van der Waals surface area contributed by atoms with Crippen LogP contribution in [0.2, 0.25) is 0 Å². The summed E-state index contributed by atoms with van der Waals surface area (Å²) in [6.45, 7) is 2.50. The number of hydrogen-bond acceptors (Lipinski definition) is 7. The number of nitrogens with zero attached hydrogens (tertiary/aromatic N) is 7. The predicted octanol–water partition coefficient (Wildman–Crippen LogP) is 4.59. The number of imidazole rings is 1. The van der Waals surface area contributed by atoms with Crippen molar-refractivity contribution in [2.24, 2.45) is 5.92 Å². The molecule has 41 heavy (non-hydrogen) atoms. The smallest absolute Gasteiger partial charge is 0.383 e. The molecule has 2 aliphatic heterocycles. The van der Waals surface area contributed by atoms with Crippen LogP contribution in [0.5, 0.6) is 0 Å². The minimum absolute atomic E-state index is 0.0531. The van der Waals surface area contributed by atoms with Crippen LogP contribution in [0.1, 0.15) is 36.4 Å². The van der Waals surface area contributed by atoms with Crippen LogP contribution in [0.25, 0.3) is 28.2 Å². The minimum Gasteiger partial charge on any atom is -0.383 e. The minimum atomic E-state index is -4.61. The highest BCUT2D eigenvalue weighted by Gasteiger charge is 2.35. The number of aromatic nitrogens is 4. The van der Waals surface area contributed by atoms with E-state index in [9.17, 15) is 18.0 Å². The summed E-state index contributed by atoms with van der Waals surface area (Å²) < 4.78 is 42.2. The van der Waals surface area contributed by atoms with Crippen molar-refractivity contribution in [1.82, 2.24) is 29.3 Å². The molecule has 2 N–H and O–H groups in total. The highest BCUT2D eigenvalue weighted by molar-refractivity contribution is 5.83. The summed E-state index contributed by atoms with van der Waals surface area (Å²) in [6.07, 6.45) is 1.27. The number of piperidine rings is 1. The Morgan fingerprint density at radius 3 is 2.44 bits per heavy atom.